The summed E-state index contributed by atoms with van der Waals surface area (Å²) in [6.45, 7) is 4.22. The van der Waals surface area contributed by atoms with Crippen LogP contribution in [0.5, 0.6) is 11.5 Å². The van der Waals surface area contributed by atoms with Crippen LogP contribution in [0.25, 0.3) is 11.3 Å². The number of methoxy groups -OCH3 is 1. The third kappa shape index (κ3) is 4.78. The van der Waals surface area contributed by atoms with Gasteiger partial charge in [0.05, 0.1) is 31.6 Å². The number of rotatable bonds is 10. The van der Waals surface area contributed by atoms with Gasteiger partial charge in [-0.05, 0) is 61.2 Å². The number of benzene rings is 2. The topological polar surface area (TPSA) is 76.7 Å². The summed E-state index contributed by atoms with van der Waals surface area (Å²) in [5, 5.41) is 7.59. The molecule has 2 aromatic carbocycles. The summed E-state index contributed by atoms with van der Waals surface area (Å²) in [4.78, 5) is 15.5. The van der Waals surface area contributed by atoms with E-state index in [1.54, 1.807) is 7.11 Å². The molecule has 0 aliphatic carbocycles. The highest BCUT2D eigenvalue weighted by atomic mass is 16.5. The van der Waals surface area contributed by atoms with E-state index in [0.717, 1.165) is 66.2 Å². The molecule has 2 aliphatic heterocycles. The fourth-order valence-corrected chi connectivity index (χ4v) is 5.00. The van der Waals surface area contributed by atoms with Crippen molar-refractivity contribution < 1.29 is 19.0 Å². The van der Waals surface area contributed by atoms with Crippen molar-refractivity contribution in [2.75, 3.05) is 26.9 Å². The van der Waals surface area contributed by atoms with Crippen molar-refractivity contribution >= 4 is 5.91 Å². The molecule has 0 bridgehead atoms. The minimum atomic E-state index is -0.244. The fraction of sp³-hybridized carbons (Fsp3) is 0.429. The van der Waals surface area contributed by atoms with Gasteiger partial charge < -0.3 is 19.1 Å². The number of H-pyrrole nitrogens is 1. The highest BCUT2D eigenvalue weighted by Crippen LogP contribution is 2.43. The normalized spacial score (nSPS) is 19.3. The number of nitrogens with one attached hydrogen (secondary N) is 1. The summed E-state index contributed by atoms with van der Waals surface area (Å²) < 4.78 is 17.1. The molecule has 1 aromatic heterocycles. The maximum absolute atomic E-state index is 13.5. The van der Waals surface area contributed by atoms with Crippen molar-refractivity contribution in [1.82, 2.24) is 15.1 Å². The first-order chi connectivity index (χ1) is 17.2. The summed E-state index contributed by atoms with van der Waals surface area (Å²) in [5.41, 5.74) is 4.23. The molecule has 35 heavy (non-hydrogen) atoms. The molecule has 0 spiro atoms. The van der Waals surface area contributed by atoms with E-state index in [-0.39, 0.29) is 18.1 Å². The van der Waals surface area contributed by atoms with Gasteiger partial charge in [-0.25, -0.2) is 0 Å². The Morgan fingerprint density at radius 1 is 1.09 bits per heavy atom. The van der Waals surface area contributed by atoms with Crippen molar-refractivity contribution in [3.63, 3.8) is 0 Å². The zero-order chi connectivity index (χ0) is 24.2. The maximum Gasteiger partial charge on any atom is 0.273 e. The Kier molecular flexibility index (Phi) is 7.04. The van der Waals surface area contributed by atoms with E-state index >= 15 is 0 Å². The lowest BCUT2D eigenvalue weighted by Crippen LogP contribution is -2.36. The Bertz CT molecular complexity index is 1130. The number of fused-ring (bicyclic) bond motifs is 1. The number of aromatic amines is 1. The van der Waals surface area contributed by atoms with Crippen LogP contribution in [-0.4, -0.2) is 54.0 Å². The van der Waals surface area contributed by atoms with Crippen molar-refractivity contribution in [2.45, 2.75) is 51.2 Å². The SMILES string of the molecule is CCCCCOc1ccc(C2c3c(-c4ccc(OC)cc4)n[nH]c3C(=O)N2CC2CCCO2)cc1. The number of carbonyl (C=O) groups excluding carboxylic acids is 1. The third-order valence-corrected chi connectivity index (χ3v) is 6.86. The average Bonchev–Trinajstić information content (AvgIpc) is 3.62. The quantitative estimate of drug-likeness (QED) is 0.399. The maximum atomic E-state index is 13.5. The van der Waals surface area contributed by atoms with Gasteiger partial charge in [0.25, 0.3) is 5.91 Å². The summed E-state index contributed by atoms with van der Waals surface area (Å²) >= 11 is 0. The van der Waals surface area contributed by atoms with Crippen LogP contribution in [0.4, 0.5) is 0 Å². The number of hydrogen-bond donors (Lipinski definition) is 1. The molecule has 0 saturated carbocycles. The summed E-state index contributed by atoms with van der Waals surface area (Å²) in [5.74, 6) is 1.60. The molecule has 7 heteroatoms. The van der Waals surface area contributed by atoms with Crippen molar-refractivity contribution in [3.05, 3.63) is 65.4 Å². The van der Waals surface area contributed by atoms with E-state index in [1.807, 2.05) is 41.3 Å². The Labute approximate surface area is 206 Å². The molecule has 3 heterocycles. The molecule has 7 nitrogen and oxygen atoms in total. The standard InChI is InChI=1S/C28H33N3O4/c1-3-4-5-16-34-22-14-10-20(11-15-22)27-24-25(19-8-12-21(33-2)13-9-19)29-30-26(24)28(32)31(27)18-23-7-6-17-35-23/h8-15,23,27H,3-7,16-18H2,1-2H3,(H,29,30). The number of amides is 1. The number of hydrogen-bond acceptors (Lipinski definition) is 5. The van der Waals surface area contributed by atoms with E-state index in [2.05, 4.69) is 29.3 Å². The minimum Gasteiger partial charge on any atom is -0.497 e. The Balaban J connectivity index is 1.48. The number of carbonyl (C=O) groups is 1. The monoisotopic (exact) mass is 475 g/mol. The first kappa shape index (κ1) is 23.4. The molecule has 5 rings (SSSR count). The highest BCUT2D eigenvalue weighted by molar-refractivity contribution is 6.00. The van der Waals surface area contributed by atoms with Crippen LogP contribution in [0.3, 0.4) is 0 Å². The number of nitrogens with zero attached hydrogens (tertiary/aromatic N) is 2. The van der Waals surface area contributed by atoms with Gasteiger partial charge in [0.1, 0.15) is 17.2 Å². The van der Waals surface area contributed by atoms with E-state index in [0.29, 0.717) is 18.8 Å². The van der Waals surface area contributed by atoms with Crippen LogP contribution in [0.2, 0.25) is 0 Å². The van der Waals surface area contributed by atoms with E-state index in [9.17, 15) is 4.79 Å². The summed E-state index contributed by atoms with van der Waals surface area (Å²) in [6.07, 6.45) is 5.45. The largest absolute Gasteiger partial charge is 0.497 e. The first-order valence-electron chi connectivity index (χ1n) is 12.6. The second-order valence-electron chi connectivity index (χ2n) is 9.21. The lowest BCUT2D eigenvalue weighted by molar-refractivity contribution is 0.0495. The smallest absolute Gasteiger partial charge is 0.273 e. The molecule has 0 radical (unpaired) electrons. The third-order valence-electron chi connectivity index (χ3n) is 6.86. The number of aromatic nitrogens is 2. The minimum absolute atomic E-state index is 0.0346. The second kappa shape index (κ2) is 10.5. The molecule has 3 aromatic rings. The van der Waals surface area contributed by atoms with E-state index in [1.165, 1.54) is 6.42 Å². The van der Waals surface area contributed by atoms with Gasteiger partial charge in [0, 0.05) is 24.3 Å². The highest BCUT2D eigenvalue weighted by Gasteiger charge is 2.43. The summed E-state index contributed by atoms with van der Waals surface area (Å²) in [6, 6.07) is 15.7. The van der Waals surface area contributed by atoms with Crippen LogP contribution in [-0.2, 0) is 4.74 Å². The zero-order valence-corrected chi connectivity index (χ0v) is 20.5. The van der Waals surface area contributed by atoms with Gasteiger partial charge in [0.15, 0.2) is 0 Å². The second-order valence-corrected chi connectivity index (χ2v) is 9.21. The molecule has 1 amide bonds. The molecule has 1 fully saturated rings. The van der Waals surface area contributed by atoms with Gasteiger partial charge in [-0.1, -0.05) is 31.9 Å². The van der Waals surface area contributed by atoms with Gasteiger partial charge >= 0.3 is 0 Å². The zero-order valence-electron chi connectivity index (χ0n) is 20.5. The van der Waals surface area contributed by atoms with Crippen LogP contribution in [0.15, 0.2) is 48.5 Å². The first-order valence-corrected chi connectivity index (χ1v) is 12.6. The molecule has 1 N–H and O–H groups in total. The molecular weight excluding hydrogens is 442 g/mol. The van der Waals surface area contributed by atoms with Gasteiger partial charge in [0.2, 0.25) is 0 Å². The predicted octanol–water partition coefficient (Wildman–Crippen LogP) is 5.38. The fourth-order valence-electron chi connectivity index (χ4n) is 5.00. The Morgan fingerprint density at radius 3 is 2.54 bits per heavy atom. The van der Waals surface area contributed by atoms with Gasteiger partial charge in [-0.15, -0.1) is 0 Å². The average molecular weight is 476 g/mol. The van der Waals surface area contributed by atoms with Crippen LogP contribution in [0.1, 0.15) is 66.7 Å². The Hall–Kier alpha value is -3.32. The van der Waals surface area contributed by atoms with Crippen molar-refractivity contribution in [1.29, 1.82) is 0 Å². The van der Waals surface area contributed by atoms with Gasteiger partial charge in [-0.3, -0.25) is 9.89 Å². The molecule has 1 saturated heterocycles. The van der Waals surface area contributed by atoms with E-state index in [4.69, 9.17) is 14.2 Å². The Morgan fingerprint density at radius 2 is 1.86 bits per heavy atom. The lowest BCUT2D eigenvalue weighted by Gasteiger charge is -2.28. The molecule has 184 valence electrons. The van der Waals surface area contributed by atoms with Crippen molar-refractivity contribution in [3.8, 4) is 22.8 Å². The predicted molar refractivity (Wildman–Crippen MR) is 134 cm³/mol. The molecule has 2 unspecified atom stereocenters. The number of unbranched alkanes of at least 4 members (excludes halogenated alkanes) is 2. The number of ether oxygens (including phenoxy) is 3. The van der Waals surface area contributed by atoms with Gasteiger partial charge in [-0.2, -0.15) is 5.10 Å². The van der Waals surface area contributed by atoms with Crippen LogP contribution in [0, 0.1) is 0 Å². The van der Waals surface area contributed by atoms with E-state index < -0.39 is 0 Å². The van der Waals surface area contributed by atoms with Crippen LogP contribution < -0.4 is 9.47 Å². The lowest BCUT2D eigenvalue weighted by atomic mass is 9.95. The molecular formula is C28H33N3O4. The summed E-state index contributed by atoms with van der Waals surface area (Å²) in [7, 11) is 1.65. The van der Waals surface area contributed by atoms with Crippen molar-refractivity contribution in [2.24, 2.45) is 0 Å². The molecule has 2 aliphatic rings. The van der Waals surface area contributed by atoms with Crippen LogP contribution >= 0.6 is 0 Å². The molecule has 2 atom stereocenters.